The maximum absolute atomic E-state index is 11.5. The maximum atomic E-state index is 11.5. The summed E-state index contributed by atoms with van der Waals surface area (Å²) in [7, 11) is 0. The van der Waals surface area contributed by atoms with E-state index in [1.807, 2.05) is 0 Å². The second-order valence-electron chi connectivity index (χ2n) is 3.21. The van der Waals surface area contributed by atoms with Gasteiger partial charge < -0.3 is 4.74 Å². The third kappa shape index (κ3) is 2.01. The summed E-state index contributed by atoms with van der Waals surface area (Å²) in [6.45, 7) is 3.94. The molecule has 0 aliphatic heterocycles. The highest BCUT2D eigenvalue weighted by Crippen LogP contribution is 2.25. The predicted octanol–water partition coefficient (Wildman–Crippen LogP) is 1.75. The molecular weight excluding hydrogens is 226 g/mol. The van der Waals surface area contributed by atoms with Crippen molar-refractivity contribution < 1.29 is 9.53 Å². The Kier molecular flexibility index (Phi) is 3.09. The molecule has 0 spiro atoms. The van der Waals surface area contributed by atoms with Gasteiger partial charge >= 0.3 is 5.97 Å². The highest BCUT2D eigenvalue weighted by Gasteiger charge is 2.20. The number of carbonyl (C=O) groups excluding carboxylic acids is 1. The molecule has 0 fully saturated rings. The molecule has 84 valence electrons. The van der Waals surface area contributed by atoms with E-state index in [9.17, 15) is 4.79 Å². The first-order valence-electron chi connectivity index (χ1n) is 4.96. The van der Waals surface area contributed by atoms with Crippen molar-refractivity contribution in [3.63, 3.8) is 0 Å². The van der Waals surface area contributed by atoms with E-state index < -0.39 is 0 Å². The van der Waals surface area contributed by atoms with Crippen molar-refractivity contribution in [2.45, 2.75) is 19.8 Å². The van der Waals surface area contributed by atoms with Crippen molar-refractivity contribution in [3.05, 3.63) is 17.4 Å². The van der Waals surface area contributed by atoms with Gasteiger partial charge in [-0.1, -0.05) is 11.3 Å². The van der Waals surface area contributed by atoms with Crippen LogP contribution in [0.5, 0.6) is 0 Å². The summed E-state index contributed by atoms with van der Waals surface area (Å²) in [5.74, 6) is -0.623. The fraction of sp³-hybridized carbons (Fsp3) is 0.400. The van der Waals surface area contributed by atoms with Crippen LogP contribution >= 0.6 is 11.3 Å². The first-order valence-corrected chi connectivity index (χ1v) is 5.78. The van der Waals surface area contributed by atoms with Crippen LogP contribution in [0.25, 0.3) is 10.5 Å². The van der Waals surface area contributed by atoms with Crippen LogP contribution in [-0.4, -0.2) is 27.5 Å². The van der Waals surface area contributed by atoms with E-state index in [1.54, 1.807) is 26.2 Å². The van der Waals surface area contributed by atoms with Gasteiger partial charge in [0.05, 0.1) is 6.61 Å². The smallest absolute Gasteiger partial charge is 0.315 e. The molecule has 5 nitrogen and oxygen atoms in total. The molecule has 1 unspecified atom stereocenters. The average Bonchev–Trinajstić information content (AvgIpc) is 2.71. The van der Waals surface area contributed by atoms with Crippen molar-refractivity contribution >= 4 is 27.8 Å². The van der Waals surface area contributed by atoms with Gasteiger partial charge in [0.1, 0.15) is 10.9 Å². The molecule has 1 atom stereocenters. The Morgan fingerprint density at radius 1 is 1.50 bits per heavy atom. The third-order valence-corrected chi connectivity index (χ3v) is 3.21. The van der Waals surface area contributed by atoms with Gasteiger partial charge in [-0.3, -0.25) is 4.79 Å². The number of rotatable bonds is 3. The van der Waals surface area contributed by atoms with E-state index in [0.717, 1.165) is 4.83 Å². The minimum Gasteiger partial charge on any atom is -0.465 e. The molecule has 0 saturated heterocycles. The molecule has 0 radical (unpaired) electrons. The molecule has 16 heavy (non-hydrogen) atoms. The van der Waals surface area contributed by atoms with Crippen molar-refractivity contribution in [1.82, 2.24) is 15.0 Å². The molecule has 0 N–H and O–H groups in total. The minimum atomic E-state index is -0.360. The van der Waals surface area contributed by atoms with Crippen molar-refractivity contribution in [1.29, 1.82) is 0 Å². The molecular formula is C10H11N3O2S. The summed E-state index contributed by atoms with van der Waals surface area (Å²) >= 11 is 1.37. The van der Waals surface area contributed by atoms with E-state index in [2.05, 4.69) is 15.0 Å². The Balaban J connectivity index is 2.29. The Morgan fingerprint density at radius 2 is 2.25 bits per heavy atom. The summed E-state index contributed by atoms with van der Waals surface area (Å²) in [5.41, 5.74) is 0.582. The summed E-state index contributed by atoms with van der Waals surface area (Å²) in [4.78, 5) is 24.7. The van der Waals surface area contributed by atoms with Crippen LogP contribution in [0.3, 0.4) is 0 Å². The Morgan fingerprint density at radius 3 is 2.94 bits per heavy atom. The van der Waals surface area contributed by atoms with Crippen LogP contribution in [0.1, 0.15) is 24.8 Å². The highest BCUT2D eigenvalue weighted by molar-refractivity contribution is 7.18. The standard InChI is InChI=1S/C10H11N3O2S/c1-3-15-10(14)6(2)8-13-7-9(16-8)12-5-4-11-7/h4-6H,3H2,1-2H3. The number of carbonyl (C=O) groups is 1. The third-order valence-electron chi connectivity index (χ3n) is 2.07. The summed E-state index contributed by atoms with van der Waals surface area (Å²) < 4.78 is 4.94. The number of hydrogen-bond acceptors (Lipinski definition) is 6. The zero-order chi connectivity index (χ0) is 11.5. The van der Waals surface area contributed by atoms with Gasteiger partial charge in [0.25, 0.3) is 0 Å². The average molecular weight is 237 g/mol. The Hall–Kier alpha value is -1.56. The quantitative estimate of drug-likeness (QED) is 0.761. The van der Waals surface area contributed by atoms with Crippen LogP contribution in [0, 0.1) is 0 Å². The number of aromatic nitrogens is 3. The predicted molar refractivity (Wildman–Crippen MR) is 60.3 cm³/mol. The largest absolute Gasteiger partial charge is 0.465 e. The lowest BCUT2D eigenvalue weighted by atomic mass is 10.2. The van der Waals surface area contributed by atoms with E-state index in [-0.39, 0.29) is 11.9 Å². The van der Waals surface area contributed by atoms with Crippen molar-refractivity contribution in [2.24, 2.45) is 0 Å². The molecule has 2 aromatic heterocycles. The summed E-state index contributed by atoms with van der Waals surface area (Å²) in [6, 6.07) is 0. The number of nitrogens with zero attached hydrogens (tertiary/aromatic N) is 3. The highest BCUT2D eigenvalue weighted by atomic mass is 32.1. The maximum Gasteiger partial charge on any atom is 0.315 e. The summed E-state index contributed by atoms with van der Waals surface area (Å²) in [5, 5.41) is 0.694. The van der Waals surface area contributed by atoms with Crippen molar-refractivity contribution in [3.8, 4) is 0 Å². The molecule has 0 bridgehead atoms. The van der Waals surface area contributed by atoms with Crippen LogP contribution < -0.4 is 0 Å². The fourth-order valence-corrected chi connectivity index (χ4v) is 2.15. The number of hydrogen-bond donors (Lipinski definition) is 0. The Bertz CT molecular complexity index is 478. The molecule has 0 saturated carbocycles. The number of thiazole rings is 1. The normalized spacial score (nSPS) is 12.6. The topological polar surface area (TPSA) is 65.0 Å². The van der Waals surface area contributed by atoms with Crippen LogP contribution in [0.15, 0.2) is 12.4 Å². The molecule has 0 amide bonds. The lowest BCUT2D eigenvalue weighted by Gasteiger charge is -2.05. The van der Waals surface area contributed by atoms with Gasteiger partial charge in [-0.05, 0) is 13.8 Å². The minimum absolute atomic E-state index is 0.262. The van der Waals surface area contributed by atoms with E-state index in [0.29, 0.717) is 17.3 Å². The first kappa shape index (κ1) is 10.9. The molecule has 6 heteroatoms. The van der Waals surface area contributed by atoms with Crippen molar-refractivity contribution in [2.75, 3.05) is 6.61 Å². The van der Waals surface area contributed by atoms with Crippen LogP contribution in [-0.2, 0) is 9.53 Å². The Labute approximate surface area is 96.5 Å². The van der Waals surface area contributed by atoms with Gasteiger partial charge in [-0.25, -0.2) is 15.0 Å². The summed E-state index contributed by atoms with van der Waals surface area (Å²) in [6.07, 6.45) is 3.19. The van der Waals surface area contributed by atoms with Gasteiger partial charge in [-0.15, -0.1) is 0 Å². The lowest BCUT2D eigenvalue weighted by Crippen LogP contribution is -2.12. The molecule has 2 aromatic rings. The number of esters is 1. The van der Waals surface area contributed by atoms with E-state index in [4.69, 9.17) is 4.74 Å². The van der Waals surface area contributed by atoms with Crippen LogP contribution in [0.2, 0.25) is 0 Å². The zero-order valence-corrected chi connectivity index (χ0v) is 9.82. The molecule has 0 aliphatic rings. The van der Waals surface area contributed by atoms with E-state index >= 15 is 0 Å². The number of fused-ring (bicyclic) bond motifs is 1. The second-order valence-corrected chi connectivity index (χ2v) is 4.22. The number of ether oxygens (including phenoxy) is 1. The lowest BCUT2D eigenvalue weighted by molar-refractivity contribution is -0.144. The molecule has 2 rings (SSSR count). The van der Waals surface area contributed by atoms with Gasteiger partial charge in [0, 0.05) is 12.4 Å². The molecule has 0 aliphatic carbocycles. The van der Waals surface area contributed by atoms with Gasteiger partial charge in [0.2, 0.25) is 0 Å². The molecule has 2 heterocycles. The second kappa shape index (κ2) is 4.52. The fourth-order valence-electron chi connectivity index (χ4n) is 1.25. The molecule has 0 aromatic carbocycles. The first-order chi connectivity index (χ1) is 7.72. The zero-order valence-electron chi connectivity index (χ0n) is 9.01. The SMILES string of the molecule is CCOC(=O)C(C)c1nc2nccnc2s1. The van der Waals surface area contributed by atoms with E-state index in [1.165, 1.54) is 11.3 Å². The van der Waals surface area contributed by atoms with Gasteiger partial charge in [0.15, 0.2) is 10.5 Å². The monoisotopic (exact) mass is 237 g/mol. The van der Waals surface area contributed by atoms with Gasteiger partial charge in [-0.2, -0.15) is 0 Å². The van der Waals surface area contributed by atoms with Crippen LogP contribution in [0.4, 0.5) is 0 Å².